The van der Waals surface area contributed by atoms with Crippen LogP contribution >= 0.6 is 0 Å². The molecule has 0 spiro atoms. The van der Waals surface area contributed by atoms with Crippen molar-refractivity contribution in [2.24, 2.45) is 0 Å². The van der Waals surface area contributed by atoms with Crippen molar-refractivity contribution in [3.63, 3.8) is 0 Å². The second-order valence-corrected chi connectivity index (χ2v) is 10.0. The summed E-state index contributed by atoms with van der Waals surface area (Å²) in [5, 5.41) is 7.15. The first kappa shape index (κ1) is 24.1. The van der Waals surface area contributed by atoms with Crippen molar-refractivity contribution in [3.8, 4) is 28.4 Å². The fraction of sp³-hybridized carbons (Fsp3) is 0.552. The van der Waals surface area contributed by atoms with Crippen LogP contribution in [-0.2, 0) is 0 Å². The number of benzene rings is 2. The van der Waals surface area contributed by atoms with Crippen LogP contribution in [0.5, 0.6) is 17.2 Å². The highest BCUT2D eigenvalue weighted by molar-refractivity contribution is 6.25. The van der Waals surface area contributed by atoms with Crippen molar-refractivity contribution in [2.45, 2.75) is 83.6 Å². The van der Waals surface area contributed by atoms with Crippen LogP contribution in [-0.4, -0.2) is 49.8 Å². The summed E-state index contributed by atoms with van der Waals surface area (Å²) in [6.45, 7) is 8.72. The molecule has 4 atom stereocenters. The van der Waals surface area contributed by atoms with Crippen molar-refractivity contribution in [3.05, 3.63) is 41.5 Å². The van der Waals surface area contributed by atoms with Crippen LogP contribution in [0.25, 0.3) is 11.1 Å². The van der Waals surface area contributed by atoms with Crippen LogP contribution in [0.2, 0.25) is 0 Å². The molecule has 188 valence electrons. The summed E-state index contributed by atoms with van der Waals surface area (Å²) in [5.41, 5.74) is 2.87. The summed E-state index contributed by atoms with van der Waals surface area (Å²) in [5.74, 6) is 2.03. The topological polar surface area (TPSA) is 68.8 Å². The maximum atomic E-state index is 13.7. The van der Waals surface area contributed by atoms with Gasteiger partial charge in [-0.25, -0.2) is 0 Å². The van der Waals surface area contributed by atoms with Gasteiger partial charge in [0, 0.05) is 28.8 Å². The molecule has 2 N–H and O–H groups in total. The monoisotopic (exact) mass is 478 g/mol. The van der Waals surface area contributed by atoms with E-state index in [4.69, 9.17) is 14.2 Å². The summed E-state index contributed by atoms with van der Waals surface area (Å²) < 4.78 is 19.0. The predicted octanol–water partition coefficient (Wildman–Crippen LogP) is 5.12. The third-order valence-corrected chi connectivity index (χ3v) is 7.63. The van der Waals surface area contributed by atoms with E-state index in [1.54, 1.807) is 0 Å². The molecule has 6 heteroatoms. The molecule has 0 saturated carbocycles. The van der Waals surface area contributed by atoms with Crippen LogP contribution in [0.15, 0.2) is 30.3 Å². The molecular formula is C29H38N2O4. The van der Waals surface area contributed by atoms with Gasteiger partial charge >= 0.3 is 0 Å². The Balaban J connectivity index is 1.51. The van der Waals surface area contributed by atoms with Gasteiger partial charge in [0.2, 0.25) is 0 Å². The average Bonchev–Trinajstić information content (AvgIpc) is 3.20. The highest BCUT2D eigenvalue weighted by atomic mass is 16.5. The number of carbonyl (C=O) groups excluding carboxylic acids is 1. The maximum Gasteiger partial charge on any atom is 0.198 e. The number of ether oxygens (including phenoxy) is 3. The van der Waals surface area contributed by atoms with Crippen LogP contribution < -0.4 is 24.8 Å². The molecule has 35 heavy (non-hydrogen) atoms. The lowest BCUT2D eigenvalue weighted by atomic mass is 9.99. The number of rotatable bonds is 8. The van der Waals surface area contributed by atoms with Gasteiger partial charge in [0.25, 0.3) is 0 Å². The minimum Gasteiger partial charge on any atom is -0.493 e. The highest BCUT2D eigenvalue weighted by Gasteiger charge is 2.37. The fourth-order valence-corrected chi connectivity index (χ4v) is 5.75. The molecule has 6 nitrogen and oxygen atoms in total. The average molecular weight is 479 g/mol. The van der Waals surface area contributed by atoms with E-state index in [1.807, 2.05) is 37.3 Å². The molecular weight excluding hydrogens is 440 g/mol. The Morgan fingerprint density at radius 3 is 1.97 bits per heavy atom. The minimum atomic E-state index is -0.0398. The van der Waals surface area contributed by atoms with Crippen molar-refractivity contribution >= 4 is 5.78 Å². The molecule has 0 radical (unpaired) electrons. The van der Waals surface area contributed by atoms with Gasteiger partial charge in [0.15, 0.2) is 5.78 Å². The van der Waals surface area contributed by atoms with Crippen LogP contribution in [0, 0.1) is 0 Å². The number of carbonyl (C=O) groups is 1. The first-order valence-corrected chi connectivity index (χ1v) is 13.4. The van der Waals surface area contributed by atoms with E-state index in [2.05, 4.69) is 24.5 Å². The van der Waals surface area contributed by atoms with Crippen molar-refractivity contribution < 1.29 is 19.0 Å². The van der Waals surface area contributed by atoms with Crippen LogP contribution in [0.4, 0.5) is 0 Å². The fourth-order valence-electron chi connectivity index (χ4n) is 5.75. The van der Waals surface area contributed by atoms with Gasteiger partial charge in [-0.2, -0.15) is 0 Å². The van der Waals surface area contributed by atoms with Gasteiger partial charge in [-0.1, -0.05) is 25.0 Å². The Morgan fingerprint density at radius 2 is 1.40 bits per heavy atom. The van der Waals surface area contributed by atoms with Gasteiger partial charge in [-0.3, -0.25) is 4.79 Å². The van der Waals surface area contributed by atoms with Gasteiger partial charge in [0.05, 0.1) is 12.2 Å². The van der Waals surface area contributed by atoms with E-state index < -0.39 is 0 Å². The summed E-state index contributed by atoms with van der Waals surface area (Å²) >= 11 is 0. The molecule has 2 saturated heterocycles. The minimum absolute atomic E-state index is 0.00618. The zero-order chi connectivity index (χ0) is 24.4. The Kier molecular flexibility index (Phi) is 7.30. The van der Waals surface area contributed by atoms with Crippen LogP contribution in [0.1, 0.15) is 75.2 Å². The summed E-state index contributed by atoms with van der Waals surface area (Å²) in [4.78, 5) is 13.7. The molecule has 2 aromatic rings. The van der Waals surface area contributed by atoms with E-state index in [0.717, 1.165) is 42.8 Å². The number of hydrogen-bond acceptors (Lipinski definition) is 6. The van der Waals surface area contributed by atoms with Gasteiger partial charge < -0.3 is 24.8 Å². The Hall–Kier alpha value is -2.57. The Bertz CT molecular complexity index is 1060. The van der Waals surface area contributed by atoms with E-state index in [-0.39, 0.29) is 24.0 Å². The number of hydrogen-bond donors (Lipinski definition) is 2. The highest BCUT2D eigenvalue weighted by Crippen LogP contribution is 2.51. The lowest BCUT2D eigenvalue weighted by molar-refractivity contribution is 0.103. The van der Waals surface area contributed by atoms with E-state index in [9.17, 15) is 4.79 Å². The smallest absolute Gasteiger partial charge is 0.198 e. The zero-order valence-corrected chi connectivity index (χ0v) is 21.2. The standard InChI is InChI=1S/C29H38N2O4/c1-4-33-23-14-15-25(35-19(3)22-12-6-8-17-31-22)28-27(23)26-20(29(28)32)10-9-13-24(26)34-18(2)21-11-5-7-16-30-21/h9-10,13-15,18-19,21-22,30-31H,4-8,11-12,16-17H2,1-3H3. The normalized spacial score (nSPS) is 23.2. The number of nitrogens with one attached hydrogen (secondary N) is 2. The summed E-state index contributed by atoms with van der Waals surface area (Å²) in [6, 6.07) is 10.2. The number of piperidine rings is 2. The number of fused-ring (bicyclic) bond motifs is 3. The molecule has 2 fully saturated rings. The Labute approximate surface area is 208 Å². The third kappa shape index (κ3) is 4.78. The maximum absolute atomic E-state index is 13.7. The molecule has 0 amide bonds. The Morgan fingerprint density at radius 1 is 0.800 bits per heavy atom. The molecule has 0 aromatic heterocycles. The van der Waals surface area contributed by atoms with Gasteiger partial charge in [-0.15, -0.1) is 0 Å². The zero-order valence-electron chi connectivity index (χ0n) is 21.2. The van der Waals surface area contributed by atoms with E-state index >= 15 is 0 Å². The van der Waals surface area contributed by atoms with Gasteiger partial charge in [0.1, 0.15) is 29.5 Å². The quantitative estimate of drug-likeness (QED) is 0.469. The van der Waals surface area contributed by atoms with Gasteiger partial charge in [-0.05, 0) is 77.7 Å². The van der Waals surface area contributed by atoms with Crippen molar-refractivity contribution in [1.82, 2.24) is 10.6 Å². The lowest BCUT2D eigenvalue weighted by Gasteiger charge is -2.30. The predicted molar refractivity (Wildman–Crippen MR) is 138 cm³/mol. The second-order valence-electron chi connectivity index (χ2n) is 10.0. The largest absolute Gasteiger partial charge is 0.493 e. The molecule has 0 bridgehead atoms. The lowest BCUT2D eigenvalue weighted by Crippen LogP contribution is -2.44. The summed E-state index contributed by atoms with van der Waals surface area (Å²) in [7, 11) is 0. The number of ketones is 1. The molecule has 4 unspecified atom stereocenters. The molecule has 5 rings (SSSR count). The van der Waals surface area contributed by atoms with Crippen molar-refractivity contribution in [2.75, 3.05) is 19.7 Å². The first-order chi connectivity index (χ1) is 17.1. The van der Waals surface area contributed by atoms with Crippen LogP contribution in [0.3, 0.4) is 0 Å². The third-order valence-electron chi connectivity index (χ3n) is 7.63. The van der Waals surface area contributed by atoms with Crippen molar-refractivity contribution in [1.29, 1.82) is 0 Å². The van der Waals surface area contributed by atoms with E-state index in [1.165, 1.54) is 25.7 Å². The molecule has 2 heterocycles. The molecule has 2 aliphatic heterocycles. The first-order valence-electron chi connectivity index (χ1n) is 13.4. The molecule has 2 aromatic carbocycles. The molecule has 1 aliphatic carbocycles. The summed E-state index contributed by atoms with van der Waals surface area (Å²) in [6.07, 6.45) is 6.96. The second kappa shape index (κ2) is 10.6. The van der Waals surface area contributed by atoms with E-state index in [0.29, 0.717) is 35.3 Å². The SMILES string of the molecule is CCOc1ccc(OC(C)C2CCCCN2)c2c1-c1c(OC(C)C3CCCCN3)cccc1C2=O. The molecule has 3 aliphatic rings.